The molecule has 0 radical (unpaired) electrons. The fraction of sp³-hybridized carbons (Fsp3) is 0.500. The summed E-state index contributed by atoms with van der Waals surface area (Å²) in [6.45, 7) is -0.126. The lowest BCUT2D eigenvalue weighted by Crippen LogP contribution is -2.28. The zero-order valence-electron chi connectivity index (χ0n) is 7.67. The van der Waals surface area contributed by atoms with E-state index in [4.69, 9.17) is 9.84 Å². The summed E-state index contributed by atoms with van der Waals surface area (Å²) in [7, 11) is 0. The van der Waals surface area contributed by atoms with Gasteiger partial charge in [0.05, 0.1) is 12.8 Å². The van der Waals surface area contributed by atoms with Gasteiger partial charge in [0.1, 0.15) is 11.7 Å². The van der Waals surface area contributed by atoms with Crippen LogP contribution < -0.4 is 5.69 Å². The molecule has 1 saturated heterocycles. The number of hydrogen-bond donors (Lipinski definition) is 1. The monoisotopic (exact) mass is 232 g/mol. The molecule has 15 heavy (non-hydrogen) atoms. The Labute approximate surface area is 88.9 Å². The lowest BCUT2D eigenvalue weighted by molar-refractivity contribution is -0.00684. The third kappa shape index (κ3) is 2.19. The second-order valence-electron chi connectivity index (χ2n) is 3.00. The maximum absolute atomic E-state index is 12.8. The van der Waals surface area contributed by atoms with E-state index in [0.717, 1.165) is 17.0 Å². The number of aromatic nitrogens is 2. The summed E-state index contributed by atoms with van der Waals surface area (Å²) in [5, 5.41) is 8.83. The molecule has 1 fully saturated rings. The van der Waals surface area contributed by atoms with Crippen molar-refractivity contribution in [2.45, 2.75) is 11.7 Å². The molecule has 0 saturated carbocycles. The van der Waals surface area contributed by atoms with Crippen molar-refractivity contribution in [1.29, 1.82) is 0 Å². The number of ether oxygens (including phenoxy) is 1. The van der Waals surface area contributed by atoms with Crippen molar-refractivity contribution in [1.82, 2.24) is 9.55 Å². The van der Waals surface area contributed by atoms with Crippen molar-refractivity contribution in [2.24, 2.45) is 0 Å². The quantitative estimate of drug-likeness (QED) is 0.775. The fourth-order valence-corrected chi connectivity index (χ4v) is 2.23. The van der Waals surface area contributed by atoms with Crippen LogP contribution in [0.4, 0.5) is 4.39 Å². The van der Waals surface area contributed by atoms with Gasteiger partial charge in [-0.3, -0.25) is 4.57 Å². The third-order valence-corrected chi connectivity index (χ3v) is 3.08. The lowest BCUT2D eigenvalue weighted by atomic mass is 10.5. The highest BCUT2D eigenvalue weighted by atomic mass is 32.2. The van der Waals surface area contributed by atoms with Gasteiger partial charge in [-0.1, -0.05) is 0 Å². The van der Waals surface area contributed by atoms with Crippen LogP contribution in [0, 0.1) is 5.82 Å². The minimum Gasteiger partial charge on any atom is -0.393 e. The number of aliphatic hydroxyl groups excluding tert-OH is 1. The Bertz CT molecular complexity index is 411. The summed E-state index contributed by atoms with van der Waals surface area (Å²) in [5.74, 6) is -0.0911. The van der Waals surface area contributed by atoms with Crippen molar-refractivity contribution in [3.63, 3.8) is 0 Å². The summed E-state index contributed by atoms with van der Waals surface area (Å²) in [4.78, 5) is 14.6. The van der Waals surface area contributed by atoms with Gasteiger partial charge in [-0.05, 0) is 0 Å². The predicted molar refractivity (Wildman–Crippen MR) is 51.9 cm³/mol. The molecule has 7 heteroatoms. The molecule has 0 spiro atoms. The molecule has 1 aliphatic rings. The minimum atomic E-state index is -0.587. The summed E-state index contributed by atoms with van der Waals surface area (Å²) < 4.78 is 19.2. The van der Waals surface area contributed by atoms with Crippen molar-refractivity contribution in [2.75, 3.05) is 12.4 Å². The Hall–Kier alpha value is -0.920. The largest absolute Gasteiger partial charge is 0.393 e. The Morgan fingerprint density at radius 1 is 1.80 bits per heavy atom. The molecule has 2 atom stereocenters. The Balaban J connectivity index is 2.23. The number of rotatable bonds is 2. The maximum Gasteiger partial charge on any atom is 0.349 e. The van der Waals surface area contributed by atoms with Gasteiger partial charge in [0.2, 0.25) is 0 Å². The van der Waals surface area contributed by atoms with Gasteiger partial charge in [0.25, 0.3) is 0 Å². The molecule has 1 aromatic rings. The van der Waals surface area contributed by atoms with Crippen LogP contribution in [0.1, 0.15) is 6.23 Å². The first kappa shape index (κ1) is 10.6. The van der Waals surface area contributed by atoms with E-state index in [-0.39, 0.29) is 12.0 Å². The molecule has 0 amide bonds. The van der Waals surface area contributed by atoms with Crippen molar-refractivity contribution < 1.29 is 14.2 Å². The molecule has 0 aliphatic carbocycles. The summed E-state index contributed by atoms with van der Waals surface area (Å²) >= 11 is 1.38. The Morgan fingerprint density at radius 2 is 2.60 bits per heavy atom. The molecule has 1 N–H and O–H groups in total. The maximum atomic E-state index is 12.8. The molecule has 2 heterocycles. The topological polar surface area (TPSA) is 64.4 Å². The van der Waals surface area contributed by atoms with Crippen LogP contribution in [0.5, 0.6) is 0 Å². The molecular formula is C8H9FN2O3S. The normalized spacial score (nSPS) is 25.7. The van der Waals surface area contributed by atoms with Crippen LogP contribution in [0.2, 0.25) is 0 Å². The van der Waals surface area contributed by atoms with E-state index in [1.54, 1.807) is 0 Å². The van der Waals surface area contributed by atoms with Gasteiger partial charge in [-0.25, -0.2) is 9.18 Å². The van der Waals surface area contributed by atoms with Gasteiger partial charge >= 0.3 is 5.69 Å². The van der Waals surface area contributed by atoms with Gasteiger partial charge < -0.3 is 9.84 Å². The minimum absolute atomic E-state index is 0.126. The zero-order valence-corrected chi connectivity index (χ0v) is 8.48. The molecule has 0 unspecified atom stereocenters. The SMILES string of the molecule is O=c1ncc(F)cn1[C@@H]1CS[C@H](CO)O1. The Kier molecular flexibility index (Phi) is 3.03. The van der Waals surface area contributed by atoms with E-state index in [2.05, 4.69) is 4.98 Å². The van der Waals surface area contributed by atoms with Gasteiger partial charge in [0, 0.05) is 11.9 Å². The third-order valence-electron chi connectivity index (χ3n) is 1.97. The van der Waals surface area contributed by atoms with E-state index >= 15 is 0 Å². The first-order valence-corrected chi connectivity index (χ1v) is 5.37. The molecule has 5 nitrogen and oxygen atoms in total. The molecule has 0 aromatic carbocycles. The number of halogens is 1. The first-order valence-electron chi connectivity index (χ1n) is 4.32. The van der Waals surface area contributed by atoms with Crippen LogP contribution in [0.25, 0.3) is 0 Å². The first-order chi connectivity index (χ1) is 7.20. The Morgan fingerprint density at radius 3 is 3.27 bits per heavy atom. The molecule has 1 aliphatic heterocycles. The summed E-state index contributed by atoms with van der Waals surface area (Å²) in [6.07, 6.45) is 1.37. The molecular weight excluding hydrogens is 223 g/mol. The second kappa shape index (κ2) is 4.30. The number of thioether (sulfide) groups is 1. The molecule has 0 bridgehead atoms. The van der Waals surface area contributed by atoms with Crippen LogP contribution in [-0.4, -0.2) is 32.5 Å². The highest BCUT2D eigenvalue weighted by Crippen LogP contribution is 2.30. The van der Waals surface area contributed by atoms with E-state index in [0.29, 0.717) is 5.75 Å². The fourth-order valence-electron chi connectivity index (χ4n) is 1.30. The lowest BCUT2D eigenvalue weighted by Gasteiger charge is -2.12. The standard InChI is InChI=1S/C8H9FN2O3S/c9-5-1-10-8(13)11(2-5)6-4-15-7(3-12)14-6/h1-2,6-7,12H,3-4H2/t6-,7+/m0/s1. The van der Waals surface area contributed by atoms with E-state index in [1.165, 1.54) is 11.8 Å². The van der Waals surface area contributed by atoms with Crippen LogP contribution in [0.3, 0.4) is 0 Å². The highest BCUT2D eigenvalue weighted by Gasteiger charge is 2.27. The number of nitrogens with zero attached hydrogens (tertiary/aromatic N) is 2. The van der Waals surface area contributed by atoms with E-state index in [1.807, 2.05) is 0 Å². The average molecular weight is 232 g/mol. The van der Waals surface area contributed by atoms with Crippen molar-refractivity contribution >= 4 is 11.8 Å². The number of hydrogen-bond acceptors (Lipinski definition) is 5. The van der Waals surface area contributed by atoms with Crippen molar-refractivity contribution in [3.05, 3.63) is 28.7 Å². The zero-order chi connectivity index (χ0) is 10.8. The smallest absolute Gasteiger partial charge is 0.349 e. The van der Waals surface area contributed by atoms with E-state index < -0.39 is 17.7 Å². The summed E-state index contributed by atoms with van der Waals surface area (Å²) in [5.41, 5.74) is -0.911. The number of aliphatic hydroxyl groups is 1. The summed E-state index contributed by atoms with van der Waals surface area (Å²) in [6, 6.07) is 0. The molecule has 2 rings (SSSR count). The molecule has 1 aromatic heterocycles. The molecule has 82 valence electrons. The van der Waals surface area contributed by atoms with Gasteiger partial charge in [-0.15, -0.1) is 11.8 Å². The van der Waals surface area contributed by atoms with E-state index in [9.17, 15) is 9.18 Å². The average Bonchev–Trinajstić information content (AvgIpc) is 2.70. The van der Waals surface area contributed by atoms with Crippen LogP contribution in [0.15, 0.2) is 17.2 Å². The van der Waals surface area contributed by atoms with Gasteiger partial charge in [0.15, 0.2) is 5.82 Å². The predicted octanol–water partition coefficient (Wildman–Crippen LogP) is -0.0372. The van der Waals surface area contributed by atoms with Crippen LogP contribution >= 0.6 is 11.8 Å². The second-order valence-corrected chi connectivity index (χ2v) is 4.19. The van der Waals surface area contributed by atoms with Crippen molar-refractivity contribution in [3.8, 4) is 0 Å². The van der Waals surface area contributed by atoms with Gasteiger partial charge in [-0.2, -0.15) is 4.98 Å². The highest BCUT2D eigenvalue weighted by molar-refractivity contribution is 8.00. The van der Waals surface area contributed by atoms with Crippen LogP contribution in [-0.2, 0) is 4.74 Å².